The maximum absolute atomic E-state index is 12.2. The molecule has 0 bridgehead atoms. The van der Waals surface area contributed by atoms with Gasteiger partial charge < -0.3 is 10.3 Å². The van der Waals surface area contributed by atoms with Crippen LogP contribution in [0, 0.1) is 13.8 Å². The van der Waals surface area contributed by atoms with Crippen LogP contribution in [-0.4, -0.2) is 10.9 Å². The number of amides is 1. The number of anilines is 1. The number of H-pyrrole nitrogens is 1. The molecular formula is C20H25ClN2O. The van der Waals surface area contributed by atoms with Gasteiger partial charge in [-0.2, -0.15) is 0 Å². The molecule has 24 heavy (non-hydrogen) atoms. The number of nitrogens with one attached hydrogen (secondary N) is 2. The first-order valence-electron chi connectivity index (χ1n) is 8.52. The van der Waals surface area contributed by atoms with Crippen molar-refractivity contribution in [3.05, 3.63) is 51.3 Å². The fraction of sp³-hybridized carbons (Fsp3) is 0.350. The maximum atomic E-state index is 12.2. The first kappa shape index (κ1) is 18.3. The molecule has 128 valence electrons. The van der Waals surface area contributed by atoms with E-state index in [2.05, 4.69) is 31.1 Å². The third-order valence-electron chi connectivity index (χ3n) is 4.18. The van der Waals surface area contributed by atoms with E-state index in [-0.39, 0.29) is 5.91 Å². The number of hydrogen-bond acceptors (Lipinski definition) is 1. The molecule has 0 aliphatic carbocycles. The van der Waals surface area contributed by atoms with Crippen LogP contribution in [0.5, 0.6) is 0 Å². The van der Waals surface area contributed by atoms with Crippen LogP contribution in [0.2, 0.25) is 5.02 Å². The van der Waals surface area contributed by atoms with Crippen molar-refractivity contribution in [3.8, 4) is 0 Å². The predicted molar refractivity (Wildman–Crippen MR) is 104 cm³/mol. The van der Waals surface area contributed by atoms with Crippen molar-refractivity contribution >= 4 is 34.8 Å². The van der Waals surface area contributed by atoms with Crippen LogP contribution in [0.3, 0.4) is 0 Å². The van der Waals surface area contributed by atoms with Crippen molar-refractivity contribution in [1.82, 2.24) is 4.98 Å². The average Bonchev–Trinajstić information content (AvgIpc) is 3.01. The van der Waals surface area contributed by atoms with Gasteiger partial charge in [0.2, 0.25) is 0 Å². The van der Waals surface area contributed by atoms with Gasteiger partial charge in [-0.25, -0.2) is 0 Å². The second-order valence-corrected chi connectivity index (χ2v) is 6.16. The number of halogens is 1. The monoisotopic (exact) mass is 344 g/mol. The minimum Gasteiger partial charge on any atom is -0.359 e. The highest BCUT2D eigenvalue weighted by molar-refractivity contribution is 6.36. The zero-order valence-corrected chi connectivity index (χ0v) is 15.8. The standard InChI is InChI=1S/C18H19ClN2O.C2H6/c1-4-5-13-10(2)17(20-11(13)3)9-15-14-8-12(19)6-7-16(14)21-18(15)22;1-2/h6-9,20H,4-5H2,1-3H3,(H,21,22);1-2H3/b15-9-;. The highest BCUT2D eigenvalue weighted by Crippen LogP contribution is 2.35. The molecule has 2 aromatic rings. The largest absolute Gasteiger partial charge is 0.359 e. The Morgan fingerprint density at radius 3 is 2.58 bits per heavy atom. The zero-order chi connectivity index (χ0) is 17.9. The number of aryl methyl sites for hydroxylation is 1. The molecule has 1 aromatic carbocycles. The summed E-state index contributed by atoms with van der Waals surface area (Å²) >= 11 is 6.07. The number of carbonyl (C=O) groups excluding carboxylic acids is 1. The van der Waals surface area contributed by atoms with Crippen LogP contribution in [0.15, 0.2) is 18.2 Å². The van der Waals surface area contributed by atoms with E-state index < -0.39 is 0 Å². The smallest absolute Gasteiger partial charge is 0.256 e. The second kappa shape index (κ2) is 7.71. The number of fused-ring (bicyclic) bond motifs is 1. The van der Waals surface area contributed by atoms with Crippen LogP contribution in [0.4, 0.5) is 5.69 Å². The Labute approximate surface area is 149 Å². The van der Waals surface area contributed by atoms with Gasteiger partial charge in [0.05, 0.1) is 5.57 Å². The number of aromatic amines is 1. The highest BCUT2D eigenvalue weighted by atomic mass is 35.5. The van der Waals surface area contributed by atoms with Gasteiger partial charge in [-0.3, -0.25) is 4.79 Å². The first-order valence-corrected chi connectivity index (χ1v) is 8.90. The summed E-state index contributed by atoms with van der Waals surface area (Å²) in [4.78, 5) is 15.6. The van der Waals surface area contributed by atoms with Crippen molar-refractivity contribution in [1.29, 1.82) is 0 Å². The lowest BCUT2D eigenvalue weighted by Crippen LogP contribution is -2.03. The summed E-state index contributed by atoms with van der Waals surface area (Å²) < 4.78 is 0. The molecular weight excluding hydrogens is 320 g/mol. The molecule has 1 amide bonds. The predicted octanol–water partition coefficient (Wildman–Crippen LogP) is 5.76. The lowest BCUT2D eigenvalue weighted by Gasteiger charge is -2.00. The molecule has 4 heteroatoms. The van der Waals surface area contributed by atoms with Gasteiger partial charge in [-0.05, 0) is 55.7 Å². The average molecular weight is 345 g/mol. The van der Waals surface area contributed by atoms with E-state index >= 15 is 0 Å². The van der Waals surface area contributed by atoms with Crippen molar-refractivity contribution < 1.29 is 4.79 Å². The SMILES string of the molecule is CC.CCCc1c(C)[nH]c(/C=C2\C(=O)Nc3ccc(Cl)cc32)c1C. The van der Waals surface area contributed by atoms with E-state index in [0.29, 0.717) is 10.6 Å². The fourth-order valence-corrected chi connectivity index (χ4v) is 3.20. The van der Waals surface area contributed by atoms with E-state index in [1.54, 1.807) is 6.07 Å². The molecule has 1 aliphatic heterocycles. The molecule has 2 heterocycles. The van der Waals surface area contributed by atoms with Crippen LogP contribution >= 0.6 is 11.6 Å². The van der Waals surface area contributed by atoms with Gasteiger partial charge >= 0.3 is 0 Å². The molecule has 3 rings (SSSR count). The van der Waals surface area contributed by atoms with E-state index in [1.165, 1.54) is 16.8 Å². The Kier molecular flexibility index (Phi) is 5.89. The van der Waals surface area contributed by atoms with Crippen LogP contribution in [-0.2, 0) is 11.2 Å². The van der Waals surface area contributed by atoms with Gasteiger partial charge in [0, 0.05) is 27.7 Å². The summed E-state index contributed by atoms with van der Waals surface area (Å²) in [6.07, 6.45) is 4.08. The zero-order valence-electron chi connectivity index (χ0n) is 15.0. The summed E-state index contributed by atoms with van der Waals surface area (Å²) in [5.41, 5.74) is 7.07. The molecule has 0 spiro atoms. The molecule has 1 aliphatic rings. The molecule has 0 fully saturated rings. The number of benzene rings is 1. The van der Waals surface area contributed by atoms with Crippen molar-refractivity contribution in [2.24, 2.45) is 0 Å². The lowest BCUT2D eigenvalue weighted by atomic mass is 10.0. The van der Waals surface area contributed by atoms with Crippen molar-refractivity contribution in [3.63, 3.8) is 0 Å². The summed E-state index contributed by atoms with van der Waals surface area (Å²) in [6.45, 7) is 10.4. The van der Waals surface area contributed by atoms with E-state index in [4.69, 9.17) is 11.6 Å². The van der Waals surface area contributed by atoms with Crippen molar-refractivity contribution in [2.45, 2.75) is 47.5 Å². The molecule has 0 radical (unpaired) electrons. The van der Waals surface area contributed by atoms with E-state index in [9.17, 15) is 4.79 Å². The Morgan fingerprint density at radius 2 is 1.92 bits per heavy atom. The van der Waals surface area contributed by atoms with E-state index in [0.717, 1.165) is 29.8 Å². The molecule has 0 unspecified atom stereocenters. The Morgan fingerprint density at radius 1 is 1.21 bits per heavy atom. The second-order valence-electron chi connectivity index (χ2n) is 5.72. The molecule has 0 saturated carbocycles. The minimum absolute atomic E-state index is 0.0824. The topological polar surface area (TPSA) is 44.9 Å². The van der Waals surface area contributed by atoms with Crippen molar-refractivity contribution in [2.75, 3.05) is 5.32 Å². The molecule has 0 atom stereocenters. The summed E-state index contributed by atoms with van der Waals surface area (Å²) in [5.74, 6) is -0.0824. The maximum Gasteiger partial charge on any atom is 0.256 e. The molecule has 0 saturated heterocycles. The van der Waals surface area contributed by atoms with Gasteiger partial charge in [0.25, 0.3) is 5.91 Å². The van der Waals surface area contributed by atoms with Gasteiger partial charge in [0.15, 0.2) is 0 Å². The number of carbonyl (C=O) groups is 1. The third-order valence-corrected chi connectivity index (χ3v) is 4.42. The van der Waals surface area contributed by atoms with Gasteiger partial charge in [-0.1, -0.05) is 38.8 Å². The van der Waals surface area contributed by atoms with Gasteiger partial charge in [0.1, 0.15) is 0 Å². The Bertz CT molecular complexity index is 787. The molecule has 2 N–H and O–H groups in total. The van der Waals surface area contributed by atoms with Crippen LogP contribution < -0.4 is 5.32 Å². The third kappa shape index (κ3) is 3.41. The molecule has 3 nitrogen and oxygen atoms in total. The van der Waals surface area contributed by atoms with Gasteiger partial charge in [-0.15, -0.1) is 0 Å². The number of rotatable bonds is 3. The first-order chi connectivity index (χ1) is 11.5. The number of aromatic nitrogens is 1. The summed E-state index contributed by atoms with van der Waals surface area (Å²) in [5, 5.41) is 3.51. The van der Waals surface area contributed by atoms with E-state index in [1.807, 2.05) is 32.1 Å². The quantitative estimate of drug-likeness (QED) is 0.683. The minimum atomic E-state index is -0.0824. The normalized spacial score (nSPS) is 14.2. The fourth-order valence-electron chi connectivity index (χ4n) is 3.03. The van der Waals surface area contributed by atoms with Crippen LogP contribution in [0.1, 0.15) is 55.3 Å². The highest BCUT2D eigenvalue weighted by Gasteiger charge is 2.25. The summed E-state index contributed by atoms with van der Waals surface area (Å²) in [7, 11) is 0. The molecule has 1 aromatic heterocycles. The summed E-state index contributed by atoms with van der Waals surface area (Å²) in [6, 6.07) is 5.46. The lowest BCUT2D eigenvalue weighted by molar-refractivity contribution is -0.110. The Hall–Kier alpha value is -2.00. The number of hydrogen-bond donors (Lipinski definition) is 2. The Balaban J connectivity index is 0.00000100. The van der Waals surface area contributed by atoms with Crippen LogP contribution in [0.25, 0.3) is 11.6 Å².